The second-order valence-electron chi connectivity index (χ2n) is 5.83. The van der Waals surface area contributed by atoms with Gasteiger partial charge in [0.25, 0.3) is 5.56 Å². The summed E-state index contributed by atoms with van der Waals surface area (Å²) in [5.41, 5.74) is -0.870. The van der Waals surface area contributed by atoms with Crippen LogP contribution in [0.4, 0.5) is 11.4 Å². The zero-order valence-electron chi connectivity index (χ0n) is 14.7. The molecule has 2 aromatic carbocycles. The third kappa shape index (κ3) is 3.30. The largest absolute Gasteiger partial charge is 0.493 e. The Bertz CT molecular complexity index is 1150. The van der Waals surface area contributed by atoms with Gasteiger partial charge >= 0.3 is 5.97 Å². The number of carbonyl (C=O) groups excluding carboxylic acids is 1. The first-order chi connectivity index (χ1) is 13.5. The van der Waals surface area contributed by atoms with Crippen LogP contribution in [-0.2, 0) is 0 Å². The van der Waals surface area contributed by atoms with Crippen LogP contribution in [0.3, 0.4) is 0 Å². The molecule has 0 aliphatic carbocycles. The normalized spacial score (nSPS) is 10.9. The summed E-state index contributed by atoms with van der Waals surface area (Å²) in [6.45, 7) is 1.46. The number of carboxylic acids is 1. The van der Waals surface area contributed by atoms with Gasteiger partial charge in [0.2, 0.25) is 5.88 Å². The van der Waals surface area contributed by atoms with Gasteiger partial charge in [-0.15, -0.1) is 5.11 Å². The zero-order chi connectivity index (χ0) is 20.3. The molecule has 8 heteroatoms. The third-order valence-electron chi connectivity index (χ3n) is 4.13. The van der Waals surface area contributed by atoms with Gasteiger partial charge in [-0.1, -0.05) is 30.3 Å². The molecule has 1 heterocycles. The lowest BCUT2D eigenvalue weighted by Crippen LogP contribution is -2.25. The Morgan fingerprint density at radius 2 is 1.68 bits per heavy atom. The highest BCUT2D eigenvalue weighted by Crippen LogP contribution is 2.34. The molecule has 0 unspecified atom stereocenters. The van der Waals surface area contributed by atoms with Crippen LogP contribution < -0.4 is 5.56 Å². The highest BCUT2D eigenvalue weighted by molar-refractivity contribution is 5.92. The number of rotatable bonds is 5. The minimum absolute atomic E-state index is 0.0863. The summed E-state index contributed by atoms with van der Waals surface area (Å²) in [5.74, 6) is -1.90. The van der Waals surface area contributed by atoms with E-state index in [1.165, 1.54) is 31.2 Å². The summed E-state index contributed by atoms with van der Waals surface area (Å²) < 4.78 is 0.750. The van der Waals surface area contributed by atoms with Crippen molar-refractivity contribution >= 4 is 23.6 Å². The Morgan fingerprint density at radius 1 is 1.04 bits per heavy atom. The quantitative estimate of drug-likeness (QED) is 0.518. The van der Waals surface area contributed by atoms with Crippen LogP contribution in [0.2, 0.25) is 0 Å². The number of pyridine rings is 1. The van der Waals surface area contributed by atoms with E-state index < -0.39 is 17.4 Å². The smallest absolute Gasteiger partial charge is 0.337 e. The van der Waals surface area contributed by atoms with E-state index in [1.807, 2.05) is 0 Å². The fourth-order valence-corrected chi connectivity index (χ4v) is 2.71. The minimum Gasteiger partial charge on any atom is -0.493 e. The van der Waals surface area contributed by atoms with E-state index in [1.54, 1.807) is 30.3 Å². The molecule has 0 amide bonds. The van der Waals surface area contributed by atoms with Crippen molar-refractivity contribution in [1.82, 2.24) is 4.57 Å². The topological polar surface area (TPSA) is 121 Å². The van der Waals surface area contributed by atoms with Crippen molar-refractivity contribution in [3.8, 4) is 11.6 Å². The SMILES string of the molecule is Cc1c(/N=N/c2ccccc2)c(O)n(-c2ccccc2C(=O)O)c(=O)c1C=O. The number of hydrogen-bond donors (Lipinski definition) is 2. The molecule has 1 aromatic heterocycles. The lowest BCUT2D eigenvalue weighted by atomic mass is 10.1. The molecule has 8 nitrogen and oxygen atoms in total. The highest BCUT2D eigenvalue weighted by atomic mass is 16.4. The first kappa shape index (κ1) is 18.7. The van der Waals surface area contributed by atoms with Gasteiger partial charge in [0.05, 0.1) is 22.5 Å². The fraction of sp³-hybridized carbons (Fsp3) is 0.0500. The van der Waals surface area contributed by atoms with E-state index in [4.69, 9.17) is 0 Å². The van der Waals surface area contributed by atoms with Crippen molar-refractivity contribution in [3.63, 3.8) is 0 Å². The van der Waals surface area contributed by atoms with Crippen molar-refractivity contribution in [2.24, 2.45) is 10.2 Å². The van der Waals surface area contributed by atoms with Gasteiger partial charge < -0.3 is 10.2 Å². The van der Waals surface area contributed by atoms with Crippen LogP contribution in [-0.4, -0.2) is 27.0 Å². The number of carboxylic acid groups (broad SMARTS) is 1. The second-order valence-corrected chi connectivity index (χ2v) is 5.83. The van der Waals surface area contributed by atoms with Crippen molar-refractivity contribution in [2.75, 3.05) is 0 Å². The van der Waals surface area contributed by atoms with Gasteiger partial charge in [-0.05, 0) is 36.8 Å². The molecule has 0 saturated heterocycles. The Kier molecular flexibility index (Phi) is 5.12. The molecule has 0 aliphatic rings. The second kappa shape index (κ2) is 7.67. The molecule has 0 bridgehead atoms. The number of para-hydroxylation sites is 1. The highest BCUT2D eigenvalue weighted by Gasteiger charge is 2.22. The molecular weight excluding hydrogens is 362 g/mol. The molecule has 140 valence electrons. The molecule has 0 saturated carbocycles. The molecular formula is C20H15N3O5. The first-order valence-electron chi connectivity index (χ1n) is 8.19. The molecule has 0 spiro atoms. The Morgan fingerprint density at radius 3 is 2.32 bits per heavy atom. The van der Waals surface area contributed by atoms with Crippen LogP contribution in [0, 0.1) is 6.92 Å². The Hall–Kier alpha value is -4.07. The van der Waals surface area contributed by atoms with Crippen LogP contribution in [0.15, 0.2) is 69.6 Å². The first-order valence-corrected chi connectivity index (χ1v) is 8.19. The van der Waals surface area contributed by atoms with Crippen LogP contribution >= 0.6 is 0 Å². The maximum Gasteiger partial charge on any atom is 0.337 e. The monoisotopic (exact) mass is 377 g/mol. The molecule has 2 N–H and O–H groups in total. The number of aldehydes is 1. The molecule has 0 aliphatic heterocycles. The predicted octanol–water partition coefficient (Wildman–Crippen LogP) is 3.78. The number of nitrogens with zero attached hydrogens (tertiary/aromatic N) is 3. The number of hydrogen-bond acceptors (Lipinski definition) is 6. The van der Waals surface area contributed by atoms with Gasteiger partial charge in [0.15, 0.2) is 6.29 Å². The van der Waals surface area contributed by atoms with Crippen LogP contribution in [0.1, 0.15) is 26.3 Å². The van der Waals surface area contributed by atoms with E-state index in [0.29, 0.717) is 12.0 Å². The predicted molar refractivity (Wildman–Crippen MR) is 101 cm³/mol. The lowest BCUT2D eigenvalue weighted by Gasteiger charge is -2.15. The fourth-order valence-electron chi connectivity index (χ4n) is 2.71. The van der Waals surface area contributed by atoms with E-state index in [-0.39, 0.29) is 28.1 Å². The average Bonchev–Trinajstić information content (AvgIpc) is 2.69. The molecule has 3 aromatic rings. The summed E-state index contributed by atoms with van der Waals surface area (Å²) in [7, 11) is 0. The van der Waals surface area contributed by atoms with Crippen LogP contribution in [0.25, 0.3) is 5.69 Å². The number of aromatic nitrogens is 1. The van der Waals surface area contributed by atoms with Gasteiger partial charge in [-0.2, -0.15) is 5.11 Å². The van der Waals surface area contributed by atoms with Crippen molar-refractivity contribution in [3.05, 3.63) is 81.6 Å². The molecule has 0 atom stereocenters. The number of aromatic carboxylic acids is 1. The average molecular weight is 377 g/mol. The van der Waals surface area contributed by atoms with Gasteiger partial charge in [0, 0.05) is 0 Å². The molecule has 3 rings (SSSR count). The Balaban J connectivity index is 2.31. The molecule has 28 heavy (non-hydrogen) atoms. The van der Waals surface area contributed by atoms with Crippen molar-refractivity contribution in [2.45, 2.75) is 6.92 Å². The van der Waals surface area contributed by atoms with E-state index in [0.717, 1.165) is 4.57 Å². The number of aromatic hydroxyl groups is 1. The van der Waals surface area contributed by atoms with Crippen LogP contribution in [0.5, 0.6) is 5.88 Å². The summed E-state index contributed by atoms with van der Waals surface area (Å²) >= 11 is 0. The Labute approximate surface area is 159 Å². The standard InChI is InChI=1S/C20H15N3O5/c1-12-15(11-24)18(25)23(16-10-6-5-9-14(16)20(27)28)19(26)17(12)22-21-13-7-3-2-4-8-13/h2-11,26H,1H3,(H,27,28)/b22-21+. The van der Waals surface area contributed by atoms with E-state index >= 15 is 0 Å². The van der Waals surface area contributed by atoms with Crippen molar-refractivity contribution < 1.29 is 19.8 Å². The number of benzene rings is 2. The maximum absolute atomic E-state index is 12.7. The molecule has 0 fully saturated rings. The zero-order valence-corrected chi connectivity index (χ0v) is 14.7. The number of azo groups is 1. The summed E-state index contributed by atoms with van der Waals surface area (Å²) in [6.07, 6.45) is 0.346. The van der Waals surface area contributed by atoms with Gasteiger partial charge in [-0.25, -0.2) is 9.36 Å². The van der Waals surface area contributed by atoms with E-state index in [2.05, 4.69) is 10.2 Å². The van der Waals surface area contributed by atoms with Gasteiger partial charge in [-0.3, -0.25) is 9.59 Å². The summed E-state index contributed by atoms with van der Waals surface area (Å²) in [4.78, 5) is 35.8. The third-order valence-corrected chi connectivity index (χ3v) is 4.13. The lowest BCUT2D eigenvalue weighted by molar-refractivity contribution is 0.0696. The van der Waals surface area contributed by atoms with E-state index in [9.17, 15) is 24.6 Å². The van der Waals surface area contributed by atoms with Gasteiger partial charge in [0.1, 0.15) is 5.69 Å². The molecule has 0 radical (unpaired) electrons. The minimum atomic E-state index is -1.29. The summed E-state index contributed by atoms with van der Waals surface area (Å²) in [5, 5.41) is 28.1. The van der Waals surface area contributed by atoms with Crippen molar-refractivity contribution in [1.29, 1.82) is 0 Å². The summed E-state index contributed by atoms with van der Waals surface area (Å²) in [6, 6.07) is 14.3. The maximum atomic E-state index is 12.7. The number of carbonyl (C=O) groups is 2.